The molecule has 0 bridgehead atoms. The van der Waals surface area contributed by atoms with Crippen molar-refractivity contribution in [3.8, 4) is 0 Å². The highest BCUT2D eigenvalue weighted by Gasteiger charge is 2.56. The molecule has 2 aromatic carbocycles. The summed E-state index contributed by atoms with van der Waals surface area (Å²) < 4.78 is 57.9. The summed E-state index contributed by atoms with van der Waals surface area (Å²) in [5.74, 6) is -1.18. The third-order valence-electron chi connectivity index (χ3n) is 12.0. The maximum atomic E-state index is 13.7. The fourth-order valence-corrected chi connectivity index (χ4v) is 8.28. The highest BCUT2D eigenvalue weighted by Crippen LogP contribution is 2.41. The van der Waals surface area contributed by atoms with E-state index in [1.54, 1.807) is 41.5 Å². The lowest BCUT2D eigenvalue weighted by Gasteiger charge is -2.50. The number of unbranched alkanes of at least 4 members (excludes halogenated alkanes) is 5. The minimum absolute atomic E-state index is 0.0153. The molecule has 2 fully saturated rings. The van der Waals surface area contributed by atoms with Gasteiger partial charge < -0.3 is 52.5 Å². The summed E-state index contributed by atoms with van der Waals surface area (Å²) in [6.07, 6.45) is -6.44. The summed E-state index contributed by atoms with van der Waals surface area (Å²) in [7, 11) is -2.60. The van der Waals surface area contributed by atoms with Gasteiger partial charge in [0.2, 0.25) is 0 Å². The Morgan fingerprint density at radius 1 is 0.609 bits per heavy atom. The average molecular weight is 917 g/mol. The number of carbonyl (C=O) groups excluding carboxylic acids is 2. The second-order valence-electron chi connectivity index (χ2n) is 20.9. The first-order chi connectivity index (χ1) is 30.0. The van der Waals surface area contributed by atoms with Gasteiger partial charge in [-0.1, -0.05) is 120 Å². The van der Waals surface area contributed by atoms with Gasteiger partial charge in [-0.15, -0.1) is 0 Å². The van der Waals surface area contributed by atoms with Gasteiger partial charge in [0, 0.05) is 6.61 Å². The fraction of sp³-hybridized carbons (Fsp3) is 0.720. The molecule has 2 aromatic rings. The molecule has 2 aliphatic rings. The predicted octanol–water partition coefficient (Wildman–Crippen LogP) is 8.66. The zero-order valence-corrected chi connectivity index (χ0v) is 41.7. The molecule has 2 aliphatic heterocycles. The number of aliphatic hydroxyl groups excluding tert-OH is 2. The number of aliphatic hydroxyl groups is 2. The Balaban J connectivity index is 1.73. The molecular formula is C50H80O13Si. The van der Waals surface area contributed by atoms with Crippen LogP contribution >= 0.6 is 0 Å². The largest absolute Gasteiger partial charge is 0.454 e. The minimum atomic E-state index is -2.60. The first-order valence-corrected chi connectivity index (χ1v) is 26.2. The number of hydrogen-bond donors (Lipinski definition) is 2. The van der Waals surface area contributed by atoms with Crippen LogP contribution in [0.25, 0.3) is 0 Å². The van der Waals surface area contributed by atoms with Crippen molar-refractivity contribution >= 4 is 20.3 Å². The molecule has 0 aliphatic carbocycles. The third kappa shape index (κ3) is 15.9. The molecule has 64 heavy (non-hydrogen) atoms. The molecule has 10 atom stereocenters. The molecule has 2 heterocycles. The zero-order chi connectivity index (χ0) is 47.3. The molecule has 0 radical (unpaired) electrons. The van der Waals surface area contributed by atoms with Gasteiger partial charge in [-0.05, 0) is 77.2 Å². The van der Waals surface area contributed by atoms with Crippen LogP contribution in [-0.2, 0) is 65.1 Å². The Bertz CT molecular complexity index is 1670. The van der Waals surface area contributed by atoms with Crippen molar-refractivity contribution in [3.63, 3.8) is 0 Å². The summed E-state index contributed by atoms with van der Waals surface area (Å²) >= 11 is 0. The van der Waals surface area contributed by atoms with E-state index < -0.39 is 92.5 Å². The van der Waals surface area contributed by atoms with E-state index in [4.69, 9.17) is 42.3 Å². The highest BCUT2D eigenvalue weighted by molar-refractivity contribution is 6.74. The fourth-order valence-electron chi connectivity index (χ4n) is 6.95. The Labute approximate surface area is 384 Å². The van der Waals surface area contributed by atoms with Crippen LogP contribution in [0.5, 0.6) is 0 Å². The maximum absolute atomic E-state index is 13.7. The van der Waals surface area contributed by atoms with Crippen LogP contribution < -0.4 is 0 Å². The first-order valence-electron chi connectivity index (χ1n) is 23.3. The normalized spacial score (nSPS) is 27.0. The molecule has 0 amide bonds. The van der Waals surface area contributed by atoms with Crippen molar-refractivity contribution in [2.75, 3.05) is 19.8 Å². The van der Waals surface area contributed by atoms with E-state index in [2.05, 4.69) is 40.8 Å². The van der Waals surface area contributed by atoms with Gasteiger partial charge in [0.25, 0.3) is 0 Å². The molecule has 4 rings (SSSR count). The van der Waals surface area contributed by atoms with Gasteiger partial charge in [0.1, 0.15) is 36.6 Å². The van der Waals surface area contributed by atoms with E-state index in [0.29, 0.717) is 6.61 Å². The van der Waals surface area contributed by atoms with Gasteiger partial charge >= 0.3 is 11.9 Å². The van der Waals surface area contributed by atoms with Crippen molar-refractivity contribution in [2.45, 2.75) is 201 Å². The lowest BCUT2D eigenvalue weighted by atomic mass is 9.94. The Hall–Kier alpha value is -2.76. The monoisotopic (exact) mass is 917 g/mol. The van der Waals surface area contributed by atoms with E-state index >= 15 is 0 Å². The van der Waals surface area contributed by atoms with Crippen molar-refractivity contribution in [2.24, 2.45) is 10.8 Å². The molecule has 14 heteroatoms. The summed E-state index contributed by atoms with van der Waals surface area (Å²) in [4.78, 5) is 27.3. The smallest absolute Gasteiger partial charge is 0.311 e. The SMILES string of the molecule is CCCCCCCCO[C@H]1O[C@H](COCc2ccccc2)[C@@H](O[C@H]2O[C@H](COCc3ccccc3)[C@@H](O[Si](C)(C)C(C)(C)C)[C@H](O)[C@@H]2OC(=O)C(C)(C)C)[C@H](O)[C@@H]1OC(=O)C(C)(C)C. The summed E-state index contributed by atoms with van der Waals surface area (Å²) in [5.41, 5.74) is -0.0347. The van der Waals surface area contributed by atoms with Crippen molar-refractivity contribution in [3.05, 3.63) is 71.8 Å². The van der Waals surface area contributed by atoms with Gasteiger partial charge in [-0.25, -0.2) is 0 Å². The Morgan fingerprint density at radius 2 is 1.05 bits per heavy atom. The second kappa shape index (κ2) is 24.3. The number of benzene rings is 2. The number of ether oxygens (including phenoxy) is 8. The molecule has 362 valence electrons. The second-order valence-corrected chi connectivity index (χ2v) is 25.6. The summed E-state index contributed by atoms with van der Waals surface area (Å²) in [6.45, 7) is 23.6. The van der Waals surface area contributed by atoms with Crippen molar-refractivity contribution in [1.82, 2.24) is 0 Å². The summed E-state index contributed by atoms with van der Waals surface area (Å²) in [5, 5.41) is 24.6. The van der Waals surface area contributed by atoms with E-state index in [1.807, 2.05) is 60.7 Å². The van der Waals surface area contributed by atoms with Crippen LogP contribution in [0.4, 0.5) is 0 Å². The highest BCUT2D eigenvalue weighted by atomic mass is 28.4. The van der Waals surface area contributed by atoms with Crippen LogP contribution in [0.2, 0.25) is 18.1 Å². The quantitative estimate of drug-likeness (QED) is 0.0658. The molecule has 2 saturated heterocycles. The van der Waals surface area contributed by atoms with E-state index in [-0.39, 0.29) is 31.5 Å². The molecule has 2 N–H and O–H groups in total. The predicted molar refractivity (Wildman–Crippen MR) is 246 cm³/mol. The molecule has 13 nitrogen and oxygen atoms in total. The van der Waals surface area contributed by atoms with Crippen LogP contribution in [-0.4, -0.2) is 112 Å². The number of esters is 2. The Morgan fingerprint density at radius 3 is 1.53 bits per heavy atom. The molecule has 0 unspecified atom stereocenters. The topological polar surface area (TPSA) is 158 Å². The lowest BCUT2D eigenvalue weighted by molar-refractivity contribution is -0.361. The third-order valence-corrected chi connectivity index (χ3v) is 16.5. The molecule has 0 spiro atoms. The lowest BCUT2D eigenvalue weighted by Crippen LogP contribution is -2.67. The average Bonchev–Trinajstić information content (AvgIpc) is 3.22. The van der Waals surface area contributed by atoms with Gasteiger partial charge in [-0.2, -0.15) is 0 Å². The van der Waals surface area contributed by atoms with Crippen LogP contribution in [0, 0.1) is 10.8 Å². The molecule has 0 aromatic heterocycles. The summed E-state index contributed by atoms with van der Waals surface area (Å²) in [6, 6.07) is 19.3. The standard InChI is InChI=1S/C50H80O13Si/c1-13-14-15-16-17-24-29-57-44-42(61-46(53)48(2,3)4)38(51)40(36(58-44)32-55-30-34-25-20-18-21-26-34)60-45-43(62-47(54)49(5,6)7)39(52)41(63-64(11,12)50(8,9)10)37(59-45)33-56-31-35-27-22-19-23-28-35/h18-23,25-28,36-45,51-52H,13-17,24,29-33H2,1-12H3/t36-,37-,38+,39+,40-,41-,42+,43+,44+,45-/m1/s1. The van der Waals surface area contributed by atoms with E-state index in [1.165, 1.54) is 6.42 Å². The van der Waals surface area contributed by atoms with Crippen LogP contribution in [0.3, 0.4) is 0 Å². The van der Waals surface area contributed by atoms with Crippen LogP contribution in [0.15, 0.2) is 60.7 Å². The number of hydrogen-bond acceptors (Lipinski definition) is 13. The van der Waals surface area contributed by atoms with Gasteiger partial charge in [-0.3, -0.25) is 9.59 Å². The van der Waals surface area contributed by atoms with E-state index in [9.17, 15) is 19.8 Å². The number of rotatable bonds is 22. The van der Waals surface area contributed by atoms with Crippen LogP contribution in [0.1, 0.15) is 119 Å². The zero-order valence-electron chi connectivity index (χ0n) is 40.7. The molecule has 0 saturated carbocycles. The van der Waals surface area contributed by atoms with Gasteiger partial charge in [0.05, 0.1) is 37.3 Å². The molecular weight excluding hydrogens is 837 g/mol. The first kappa shape index (κ1) is 53.8. The van der Waals surface area contributed by atoms with Crippen molar-refractivity contribution < 1.29 is 62.1 Å². The Kier molecular flexibility index (Phi) is 20.5. The van der Waals surface area contributed by atoms with Crippen molar-refractivity contribution in [1.29, 1.82) is 0 Å². The number of carbonyl (C=O) groups is 2. The van der Waals surface area contributed by atoms with E-state index in [0.717, 1.165) is 43.2 Å². The maximum Gasteiger partial charge on any atom is 0.311 e. The van der Waals surface area contributed by atoms with Gasteiger partial charge in [0.15, 0.2) is 33.1 Å². The minimum Gasteiger partial charge on any atom is -0.454 e.